The Hall–Kier alpha value is -3.87. The van der Waals surface area contributed by atoms with E-state index in [1.807, 2.05) is 0 Å². The number of rotatable bonds is 8. The van der Waals surface area contributed by atoms with Gasteiger partial charge >= 0.3 is 0 Å². The van der Waals surface area contributed by atoms with Crippen molar-refractivity contribution in [2.24, 2.45) is 0 Å². The fraction of sp³-hybridized carbons (Fsp3) is 0.545. The quantitative estimate of drug-likeness (QED) is 0.103. The fourth-order valence-corrected chi connectivity index (χ4v) is 6.25. The second-order valence-corrected chi connectivity index (χ2v) is 13.1. The van der Waals surface area contributed by atoms with Gasteiger partial charge in [-0.3, -0.25) is 4.79 Å². The number of phenols is 4. The zero-order chi connectivity index (χ0) is 38.6. The minimum Gasteiger partial charge on any atom is -0.508 e. The number of benzene rings is 2. The molecule has 0 amide bonds. The van der Waals surface area contributed by atoms with Gasteiger partial charge in [0.2, 0.25) is 17.5 Å². The highest BCUT2D eigenvalue weighted by Crippen LogP contribution is 2.40. The molecule has 20 nitrogen and oxygen atoms in total. The van der Waals surface area contributed by atoms with Gasteiger partial charge in [-0.1, -0.05) is 0 Å². The lowest BCUT2D eigenvalue weighted by molar-refractivity contribution is -0.367. The van der Waals surface area contributed by atoms with Gasteiger partial charge in [-0.2, -0.15) is 0 Å². The van der Waals surface area contributed by atoms with Gasteiger partial charge in [-0.15, -0.1) is 0 Å². The van der Waals surface area contributed by atoms with E-state index in [4.69, 9.17) is 32.8 Å². The summed E-state index contributed by atoms with van der Waals surface area (Å²) in [7, 11) is 0. The van der Waals surface area contributed by atoms with Crippen molar-refractivity contribution in [3.63, 3.8) is 0 Å². The van der Waals surface area contributed by atoms with Crippen LogP contribution in [0.1, 0.15) is 13.8 Å². The highest BCUT2D eigenvalue weighted by molar-refractivity contribution is 5.88. The molecule has 20 heteroatoms. The summed E-state index contributed by atoms with van der Waals surface area (Å²) >= 11 is 0. The number of phenolic OH excluding ortho intramolecular Hbond substituents is 4. The van der Waals surface area contributed by atoms with E-state index in [-0.39, 0.29) is 11.1 Å². The molecule has 3 aliphatic rings. The van der Waals surface area contributed by atoms with Gasteiger partial charge in [0.25, 0.3) is 0 Å². The van der Waals surface area contributed by atoms with Gasteiger partial charge in [-0.25, -0.2) is 0 Å². The average Bonchev–Trinajstić information content (AvgIpc) is 3.11. The third-order valence-corrected chi connectivity index (χ3v) is 9.37. The fourth-order valence-electron chi connectivity index (χ4n) is 6.25. The molecule has 15 atom stereocenters. The molecule has 3 fully saturated rings. The predicted molar refractivity (Wildman–Crippen MR) is 171 cm³/mol. The number of fused-ring (bicyclic) bond motifs is 1. The van der Waals surface area contributed by atoms with E-state index in [0.717, 1.165) is 24.3 Å². The van der Waals surface area contributed by atoms with Crippen LogP contribution in [0.5, 0.6) is 28.7 Å². The molecule has 0 radical (unpaired) electrons. The highest BCUT2D eigenvalue weighted by Gasteiger charge is 2.51. The van der Waals surface area contributed by atoms with Crippen molar-refractivity contribution in [3.8, 4) is 40.1 Å². The van der Waals surface area contributed by atoms with Gasteiger partial charge in [-0.05, 0) is 32.0 Å². The van der Waals surface area contributed by atoms with Crippen LogP contribution < -0.4 is 10.2 Å². The van der Waals surface area contributed by atoms with Crippen LogP contribution in [-0.4, -0.2) is 160 Å². The van der Waals surface area contributed by atoms with E-state index in [0.29, 0.717) is 0 Å². The minimum atomic E-state index is -2.04. The molecule has 3 saturated heterocycles. The number of hydrogen-bond acceptors (Lipinski definition) is 20. The summed E-state index contributed by atoms with van der Waals surface area (Å²) in [5.74, 6) is -3.53. The second-order valence-electron chi connectivity index (χ2n) is 13.1. The van der Waals surface area contributed by atoms with Gasteiger partial charge < -0.3 is 94.1 Å². The van der Waals surface area contributed by atoms with Crippen molar-refractivity contribution in [1.29, 1.82) is 0 Å². The maximum absolute atomic E-state index is 13.8. The van der Waals surface area contributed by atoms with Crippen LogP contribution in [-0.2, 0) is 23.7 Å². The molecule has 4 heterocycles. The summed E-state index contributed by atoms with van der Waals surface area (Å²) in [5.41, 5.74) is -1.46. The Morgan fingerprint density at radius 2 is 1.26 bits per heavy atom. The lowest BCUT2D eigenvalue weighted by atomic mass is 9.97. The Bertz CT molecular complexity index is 1830. The second kappa shape index (κ2) is 15.1. The van der Waals surface area contributed by atoms with Gasteiger partial charge in [0, 0.05) is 17.7 Å². The Kier molecular flexibility index (Phi) is 11.1. The van der Waals surface area contributed by atoms with Crippen LogP contribution in [0.4, 0.5) is 0 Å². The van der Waals surface area contributed by atoms with Crippen molar-refractivity contribution in [2.45, 2.75) is 106 Å². The molecule has 15 unspecified atom stereocenters. The summed E-state index contributed by atoms with van der Waals surface area (Å²) in [4.78, 5) is 13.8. The minimum absolute atomic E-state index is 0.0678. The monoisotopic (exact) mass is 756 g/mol. The Labute approximate surface area is 298 Å². The van der Waals surface area contributed by atoms with Gasteiger partial charge in [0.05, 0.1) is 18.8 Å². The molecule has 53 heavy (non-hydrogen) atoms. The first kappa shape index (κ1) is 38.8. The molecular weight excluding hydrogens is 716 g/mol. The Morgan fingerprint density at radius 3 is 1.94 bits per heavy atom. The average molecular weight is 757 g/mol. The van der Waals surface area contributed by atoms with Crippen LogP contribution in [0.15, 0.2) is 39.5 Å². The molecule has 1 aromatic heterocycles. The van der Waals surface area contributed by atoms with Crippen LogP contribution >= 0.6 is 0 Å². The molecule has 0 bridgehead atoms. The first-order valence-electron chi connectivity index (χ1n) is 16.4. The zero-order valence-electron chi connectivity index (χ0n) is 27.9. The van der Waals surface area contributed by atoms with Crippen molar-refractivity contribution in [2.75, 3.05) is 6.61 Å². The topological polar surface area (TPSA) is 328 Å². The van der Waals surface area contributed by atoms with Gasteiger partial charge in [0.1, 0.15) is 83.5 Å². The summed E-state index contributed by atoms with van der Waals surface area (Å²) in [5, 5.41) is 125. The van der Waals surface area contributed by atoms with Crippen LogP contribution in [0.3, 0.4) is 0 Å². The van der Waals surface area contributed by atoms with Crippen molar-refractivity contribution >= 4 is 11.0 Å². The predicted octanol–water partition coefficient (Wildman–Crippen LogP) is -2.84. The summed E-state index contributed by atoms with van der Waals surface area (Å²) < 4.78 is 39.8. The van der Waals surface area contributed by atoms with E-state index < -0.39 is 144 Å². The molecule has 0 saturated carbocycles. The summed E-state index contributed by atoms with van der Waals surface area (Å²) in [6, 6.07) is 5.14. The zero-order valence-corrected chi connectivity index (χ0v) is 27.9. The lowest BCUT2D eigenvalue weighted by Gasteiger charge is -2.46. The number of hydrogen-bond donors (Lipinski definition) is 12. The lowest BCUT2D eigenvalue weighted by Crippen LogP contribution is -2.64. The standard InChI is InChI=1S/C33H40O20/c1-9-19(38)23(42)26(45)31(48-9)53-30-25(44)20(39)10(2)49-33(30)47-8-17-21(40)24(43)27(46)32(51-17)52-29-22(41)18-15(37)6-12(34)7-16(18)50-28(29)11-3-4-13(35)14(36)5-11/h3-7,9-10,17,19-21,23-27,30-40,42-46H,8H2,1-2H3. The summed E-state index contributed by atoms with van der Waals surface area (Å²) in [6.07, 6.45) is -24.7. The van der Waals surface area contributed by atoms with Crippen LogP contribution in [0.25, 0.3) is 22.3 Å². The Balaban J connectivity index is 1.27. The number of aliphatic hydroxyl groups excluding tert-OH is 8. The Morgan fingerprint density at radius 1 is 0.642 bits per heavy atom. The molecule has 3 aromatic rings. The maximum atomic E-state index is 13.8. The molecular formula is C33H40O20. The first-order valence-corrected chi connectivity index (χ1v) is 16.4. The van der Waals surface area contributed by atoms with Crippen LogP contribution in [0.2, 0.25) is 0 Å². The van der Waals surface area contributed by atoms with Crippen LogP contribution in [0, 0.1) is 0 Å². The first-order chi connectivity index (χ1) is 25.0. The van der Waals surface area contributed by atoms with E-state index in [1.165, 1.54) is 19.9 Å². The number of aromatic hydroxyl groups is 4. The van der Waals surface area contributed by atoms with E-state index in [2.05, 4.69) is 0 Å². The maximum Gasteiger partial charge on any atom is 0.239 e. The van der Waals surface area contributed by atoms with Crippen molar-refractivity contribution in [3.05, 3.63) is 40.6 Å². The van der Waals surface area contributed by atoms with E-state index in [9.17, 15) is 66.1 Å². The number of aliphatic hydroxyl groups is 8. The number of ether oxygens (including phenoxy) is 6. The molecule has 6 rings (SSSR count). The van der Waals surface area contributed by atoms with Gasteiger partial charge in [0.15, 0.2) is 29.8 Å². The molecule has 12 N–H and O–H groups in total. The van der Waals surface area contributed by atoms with E-state index in [1.54, 1.807) is 0 Å². The van der Waals surface area contributed by atoms with Crippen molar-refractivity contribution < 1.29 is 94.1 Å². The summed E-state index contributed by atoms with van der Waals surface area (Å²) in [6.45, 7) is 2.08. The normalized spacial score (nSPS) is 37.8. The molecule has 2 aromatic carbocycles. The van der Waals surface area contributed by atoms with Crippen molar-refractivity contribution in [1.82, 2.24) is 0 Å². The third kappa shape index (κ3) is 7.34. The largest absolute Gasteiger partial charge is 0.508 e. The smallest absolute Gasteiger partial charge is 0.239 e. The third-order valence-electron chi connectivity index (χ3n) is 9.37. The molecule has 3 aliphatic heterocycles. The molecule has 0 aliphatic carbocycles. The molecule has 292 valence electrons. The SMILES string of the molecule is CC1OC(OC2C(OCC3OC(Oc4c(-c5ccc(O)c(O)c5)oc5cc(O)cc(O)c5c4=O)C(O)C(O)C3O)OC(C)C(O)C2O)C(O)C(O)C1O. The molecule has 0 spiro atoms. The van der Waals surface area contributed by atoms with E-state index >= 15 is 0 Å². The highest BCUT2D eigenvalue weighted by atomic mass is 16.8.